The normalized spacial score (nSPS) is 11.5. The van der Waals surface area contributed by atoms with Crippen molar-refractivity contribution in [3.8, 4) is 0 Å². The van der Waals surface area contributed by atoms with Crippen LogP contribution in [-0.4, -0.2) is 24.9 Å². The third kappa shape index (κ3) is 4.97. The van der Waals surface area contributed by atoms with E-state index >= 15 is 0 Å². The molecule has 2 aromatic rings. The monoisotopic (exact) mass is 303 g/mol. The van der Waals surface area contributed by atoms with Gasteiger partial charge in [-0.05, 0) is 31.5 Å². The minimum atomic E-state index is 0.153. The van der Waals surface area contributed by atoms with Crippen LogP contribution in [0.3, 0.4) is 0 Å². The summed E-state index contributed by atoms with van der Waals surface area (Å²) in [7, 11) is 0. The van der Waals surface area contributed by atoms with Crippen LogP contribution in [-0.2, 0) is 6.54 Å². The van der Waals surface area contributed by atoms with Gasteiger partial charge in [-0.25, -0.2) is 9.97 Å². The summed E-state index contributed by atoms with van der Waals surface area (Å²) in [4.78, 5) is 8.76. The number of nitrogens with zero attached hydrogens (tertiary/aromatic N) is 4. The Kier molecular flexibility index (Phi) is 4.77. The van der Waals surface area contributed by atoms with E-state index in [1.165, 1.54) is 0 Å². The molecule has 112 valence electrons. The molecule has 0 radical (unpaired) electrons. The maximum atomic E-state index is 4.40. The third-order valence-electron chi connectivity index (χ3n) is 2.75. The molecule has 2 aromatic heterocycles. The van der Waals surface area contributed by atoms with Gasteiger partial charge in [-0.1, -0.05) is 20.8 Å². The van der Waals surface area contributed by atoms with Crippen molar-refractivity contribution in [1.29, 1.82) is 0 Å². The smallest absolute Gasteiger partial charge is 0.243 e. The summed E-state index contributed by atoms with van der Waals surface area (Å²) in [6.07, 6.45) is 1.84. The Hall–Kier alpha value is -1.69. The van der Waals surface area contributed by atoms with Gasteiger partial charge < -0.3 is 5.32 Å². The highest BCUT2D eigenvalue weighted by atomic mass is 32.2. The highest BCUT2D eigenvalue weighted by Crippen LogP contribution is 2.30. The summed E-state index contributed by atoms with van der Waals surface area (Å²) in [5, 5.41) is 12.3. The molecule has 0 aliphatic rings. The molecule has 0 saturated heterocycles. The second kappa shape index (κ2) is 6.39. The van der Waals surface area contributed by atoms with Crippen molar-refractivity contribution in [3.63, 3.8) is 0 Å². The first-order valence-corrected chi connectivity index (χ1v) is 7.71. The molecule has 0 bridgehead atoms. The van der Waals surface area contributed by atoms with Crippen LogP contribution in [0.5, 0.6) is 0 Å². The van der Waals surface area contributed by atoms with E-state index in [0.717, 1.165) is 22.0 Å². The first-order chi connectivity index (χ1) is 9.83. The average Bonchev–Trinajstić information content (AvgIpc) is 2.39. The molecule has 2 heterocycles. The predicted octanol–water partition coefficient (Wildman–Crippen LogP) is 3.39. The van der Waals surface area contributed by atoms with E-state index in [2.05, 4.69) is 52.3 Å². The van der Waals surface area contributed by atoms with Crippen LogP contribution in [0.15, 0.2) is 23.4 Å². The van der Waals surface area contributed by atoms with Gasteiger partial charge in [-0.15, -0.1) is 16.9 Å². The molecule has 0 spiro atoms. The number of pyridine rings is 1. The van der Waals surface area contributed by atoms with Crippen LogP contribution in [0.4, 0.5) is 5.95 Å². The molecule has 2 rings (SSSR count). The highest BCUT2D eigenvalue weighted by Gasteiger charge is 2.13. The zero-order valence-corrected chi connectivity index (χ0v) is 14.0. The van der Waals surface area contributed by atoms with Gasteiger partial charge in [0.2, 0.25) is 5.95 Å². The molecule has 0 amide bonds. The van der Waals surface area contributed by atoms with E-state index in [4.69, 9.17) is 0 Å². The molecular formula is C15H21N5S. The number of aryl methyl sites for hydroxylation is 2. The summed E-state index contributed by atoms with van der Waals surface area (Å²) >= 11 is 1.76. The number of thioether (sulfide) groups is 1. The van der Waals surface area contributed by atoms with Gasteiger partial charge in [0.1, 0.15) is 0 Å². The fourth-order valence-electron chi connectivity index (χ4n) is 1.64. The van der Waals surface area contributed by atoms with E-state index in [0.29, 0.717) is 12.5 Å². The van der Waals surface area contributed by atoms with Crippen molar-refractivity contribution >= 4 is 17.7 Å². The fraction of sp³-hybridized carbons (Fsp3) is 0.467. The van der Waals surface area contributed by atoms with E-state index in [9.17, 15) is 0 Å². The van der Waals surface area contributed by atoms with E-state index in [1.807, 2.05) is 26.1 Å². The quantitative estimate of drug-likeness (QED) is 0.874. The Labute approximate surface area is 130 Å². The van der Waals surface area contributed by atoms with Crippen LogP contribution < -0.4 is 5.32 Å². The lowest BCUT2D eigenvalue weighted by Crippen LogP contribution is -2.09. The zero-order valence-electron chi connectivity index (χ0n) is 13.1. The maximum absolute atomic E-state index is 4.40. The minimum absolute atomic E-state index is 0.153. The Morgan fingerprint density at radius 1 is 1.14 bits per heavy atom. The Morgan fingerprint density at radius 2 is 1.90 bits per heavy atom. The lowest BCUT2D eigenvalue weighted by atomic mass is 10.2. The fourth-order valence-corrected chi connectivity index (χ4v) is 2.59. The molecule has 0 fully saturated rings. The van der Waals surface area contributed by atoms with Gasteiger partial charge in [-0.3, -0.25) is 0 Å². The first kappa shape index (κ1) is 15.7. The molecule has 5 nitrogen and oxygen atoms in total. The molecule has 0 aliphatic heterocycles. The molecule has 0 aromatic carbocycles. The van der Waals surface area contributed by atoms with Crippen molar-refractivity contribution in [1.82, 2.24) is 20.2 Å². The number of hydrogen-bond donors (Lipinski definition) is 1. The van der Waals surface area contributed by atoms with Crippen LogP contribution in [0, 0.1) is 13.8 Å². The summed E-state index contributed by atoms with van der Waals surface area (Å²) in [6.45, 7) is 11.0. The molecule has 21 heavy (non-hydrogen) atoms. The van der Waals surface area contributed by atoms with Gasteiger partial charge in [0.05, 0.1) is 16.4 Å². The van der Waals surface area contributed by atoms with Crippen LogP contribution in [0.1, 0.15) is 37.7 Å². The van der Waals surface area contributed by atoms with Gasteiger partial charge in [0, 0.05) is 17.5 Å². The number of nitrogens with one attached hydrogen (secondary N) is 1. The Bertz CT molecular complexity index is 622. The zero-order chi connectivity index (χ0) is 15.5. The predicted molar refractivity (Wildman–Crippen MR) is 86.5 cm³/mol. The number of aromatic nitrogens is 4. The van der Waals surface area contributed by atoms with Gasteiger partial charge in [0.25, 0.3) is 0 Å². The van der Waals surface area contributed by atoms with Crippen molar-refractivity contribution in [3.05, 3.63) is 35.3 Å². The van der Waals surface area contributed by atoms with Crippen LogP contribution >= 0.6 is 11.8 Å². The van der Waals surface area contributed by atoms with Crippen LogP contribution in [0.25, 0.3) is 0 Å². The first-order valence-electron chi connectivity index (χ1n) is 6.89. The van der Waals surface area contributed by atoms with Gasteiger partial charge >= 0.3 is 0 Å². The second-order valence-electron chi connectivity index (χ2n) is 5.88. The summed E-state index contributed by atoms with van der Waals surface area (Å²) in [6, 6.07) is 4.09. The minimum Gasteiger partial charge on any atom is -0.349 e. The molecule has 0 unspecified atom stereocenters. The van der Waals surface area contributed by atoms with Crippen molar-refractivity contribution < 1.29 is 0 Å². The van der Waals surface area contributed by atoms with Gasteiger partial charge in [0.15, 0.2) is 0 Å². The summed E-state index contributed by atoms with van der Waals surface area (Å²) in [5.41, 5.74) is 2.90. The average molecular weight is 303 g/mol. The summed E-state index contributed by atoms with van der Waals surface area (Å²) in [5.74, 6) is 0.555. The summed E-state index contributed by atoms with van der Waals surface area (Å²) < 4.78 is 0.153. The number of anilines is 1. The second-order valence-corrected chi connectivity index (χ2v) is 7.72. The Morgan fingerprint density at radius 3 is 2.57 bits per heavy atom. The molecule has 1 N–H and O–H groups in total. The highest BCUT2D eigenvalue weighted by molar-refractivity contribution is 8.00. The molecule has 0 atom stereocenters. The number of hydrogen-bond acceptors (Lipinski definition) is 6. The van der Waals surface area contributed by atoms with Gasteiger partial charge in [-0.2, -0.15) is 5.10 Å². The largest absolute Gasteiger partial charge is 0.349 e. The van der Waals surface area contributed by atoms with E-state index < -0.39 is 0 Å². The molecule has 0 aliphatic carbocycles. The molecular weight excluding hydrogens is 282 g/mol. The SMILES string of the molecule is Cc1nnc(NCc2ccnc(SC(C)(C)C)c2)nc1C. The van der Waals surface area contributed by atoms with E-state index in [1.54, 1.807) is 11.8 Å². The lowest BCUT2D eigenvalue weighted by Gasteiger charge is -2.17. The Balaban J connectivity index is 2.03. The van der Waals surface area contributed by atoms with Crippen molar-refractivity contribution in [2.75, 3.05) is 5.32 Å². The topological polar surface area (TPSA) is 63.6 Å². The molecule has 6 heteroatoms. The van der Waals surface area contributed by atoms with Crippen molar-refractivity contribution in [2.24, 2.45) is 0 Å². The standard InChI is InChI=1S/C15H21N5S/c1-10-11(2)19-20-14(18-10)17-9-12-6-7-16-13(8-12)21-15(3,4)5/h6-8H,9H2,1-5H3,(H,17,18,20). The number of rotatable bonds is 4. The lowest BCUT2D eigenvalue weighted by molar-refractivity contribution is 0.799. The maximum Gasteiger partial charge on any atom is 0.243 e. The third-order valence-corrected chi connectivity index (χ3v) is 3.80. The van der Waals surface area contributed by atoms with Crippen molar-refractivity contribution in [2.45, 2.75) is 50.9 Å². The van der Waals surface area contributed by atoms with E-state index in [-0.39, 0.29) is 4.75 Å². The van der Waals surface area contributed by atoms with Crippen LogP contribution in [0.2, 0.25) is 0 Å². The molecule has 0 saturated carbocycles.